The van der Waals surface area contributed by atoms with E-state index in [4.69, 9.17) is 30.5 Å². The third kappa shape index (κ3) is 6.71. The van der Waals surface area contributed by atoms with Crippen LogP contribution >= 0.6 is 11.6 Å². The second-order valence-electron chi connectivity index (χ2n) is 14.9. The van der Waals surface area contributed by atoms with E-state index < -0.39 is 11.6 Å². The van der Waals surface area contributed by atoms with Gasteiger partial charge in [0, 0.05) is 34.6 Å². The van der Waals surface area contributed by atoms with Gasteiger partial charge < -0.3 is 29.4 Å². The molecule has 0 saturated heterocycles. The summed E-state index contributed by atoms with van der Waals surface area (Å²) in [6, 6.07) is 13.9. The summed E-state index contributed by atoms with van der Waals surface area (Å²) in [6.07, 6.45) is 9.97. The van der Waals surface area contributed by atoms with Crippen molar-refractivity contribution in [1.82, 2.24) is 4.98 Å². The van der Waals surface area contributed by atoms with Gasteiger partial charge in [0.25, 0.3) is 0 Å². The summed E-state index contributed by atoms with van der Waals surface area (Å²) in [7, 11) is 1.47. The number of carbonyl (C=O) groups is 1. The SMILES string of the molecule is COC(=O)C1(Nc2cccc(Cl)c2)CCC2(CC1)c1cc3c(cc1C[C@@H]2C[C@@H](C)COc1ccnc2c1[C@H](C)CCC2)OCC[C@H](O)CO3. The Hall–Kier alpha value is -3.49. The zero-order valence-electron chi connectivity index (χ0n) is 28.9. The van der Waals surface area contributed by atoms with Crippen LogP contribution in [-0.2, 0) is 27.8 Å². The molecule has 4 aliphatic rings. The van der Waals surface area contributed by atoms with Crippen molar-refractivity contribution in [2.45, 2.75) is 101 Å². The Morgan fingerprint density at radius 1 is 1.12 bits per heavy atom. The number of methoxy groups -OCH3 is 1. The maximum absolute atomic E-state index is 13.5. The first-order valence-electron chi connectivity index (χ1n) is 18.0. The molecule has 0 unspecified atom stereocenters. The van der Waals surface area contributed by atoms with E-state index in [1.165, 1.54) is 42.3 Å². The van der Waals surface area contributed by atoms with Crippen LogP contribution in [-0.4, -0.2) is 54.6 Å². The molecule has 1 aromatic heterocycles. The third-order valence-electron chi connectivity index (χ3n) is 11.7. The molecule has 0 radical (unpaired) electrons. The number of halogens is 1. The van der Waals surface area contributed by atoms with Gasteiger partial charge in [0.15, 0.2) is 11.5 Å². The zero-order valence-corrected chi connectivity index (χ0v) is 29.7. The highest BCUT2D eigenvalue weighted by molar-refractivity contribution is 6.30. The Morgan fingerprint density at radius 2 is 1.94 bits per heavy atom. The van der Waals surface area contributed by atoms with E-state index in [9.17, 15) is 9.90 Å². The number of aromatic nitrogens is 1. The number of benzene rings is 2. The van der Waals surface area contributed by atoms with Crippen LogP contribution in [0.25, 0.3) is 0 Å². The summed E-state index contributed by atoms with van der Waals surface area (Å²) in [6.45, 7) is 5.91. The fourth-order valence-electron chi connectivity index (χ4n) is 9.10. The smallest absolute Gasteiger partial charge is 0.331 e. The van der Waals surface area contributed by atoms with E-state index >= 15 is 0 Å². The Bertz CT molecular complexity index is 1670. The van der Waals surface area contributed by atoms with Crippen molar-refractivity contribution in [3.63, 3.8) is 0 Å². The number of nitrogens with zero attached hydrogens (tertiary/aromatic N) is 1. The Morgan fingerprint density at radius 3 is 2.73 bits per heavy atom. The normalized spacial score (nSPS) is 28.1. The van der Waals surface area contributed by atoms with Gasteiger partial charge in [-0.3, -0.25) is 4.98 Å². The van der Waals surface area contributed by atoms with Crippen molar-refractivity contribution < 1.29 is 28.8 Å². The first kappa shape index (κ1) is 34.0. The Labute approximate surface area is 294 Å². The lowest BCUT2D eigenvalue weighted by atomic mass is 9.59. The van der Waals surface area contributed by atoms with Crippen molar-refractivity contribution in [1.29, 1.82) is 0 Å². The summed E-state index contributed by atoms with van der Waals surface area (Å²) >= 11 is 6.33. The molecule has 2 heterocycles. The lowest BCUT2D eigenvalue weighted by Crippen LogP contribution is -2.53. The van der Waals surface area contributed by atoms with Crippen LogP contribution in [0.15, 0.2) is 48.7 Å². The number of anilines is 1. The number of hydrogen-bond donors (Lipinski definition) is 2. The van der Waals surface area contributed by atoms with Gasteiger partial charge in [-0.2, -0.15) is 0 Å². The fraction of sp³-hybridized carbons (Fsp3) is 0.550. The van der Waals surface area contributed by atoms with Crippen LogP contribution in [0.3, 0.4) is 0 Å². The quantitative estimate of drug-likeness (QED) is 0.231. The molecule has 8 nitrogen and oxygen atoms in total. The highest BCUT2D eigenvalue weighted by atomic mass is 35.5. The number of aryl methyl sites for hydroxylation is 1. The van der Waals surface area contributed by atoms with E-state index in [0.29, 0.717) is 61.0 Å². The number of nitrogens with one attached hydrogen (secondary N) is 1. The molecular formula is C40H49ClN2O6. The van der Waals surface area contributed by atoms with Crippen LogP contribution in [0.4, 0.5) is 5.69 Å². The van der Waals surface area contributed by atoms with Gasteiger partial charge in [-0.05, 0) is 128 Å². The van der Waals surface area contributed by atoms with Gasteiger partial charge in [0.2, 0.25) is 0 Å². The van der Waals surface area contributed by atoms with Crippen LogP contribution in [0.1, 0.15) is 93.5 Å². The Balaban J connectivity index is 1.17. The van der Waals surface area contributed by atoms with Crippen LogP contribution in [0.5, 0.6) is 17.2 Å². The van der Waals surface area contributed by atoms with Gasteiger partial charge in [-0.15, -0.1) is 0 Å². The molecule has 1 aliphatic heterocycles. The first-order chi connectivity index (χ1) is 23.7. The summed E-state index contributed by atoms with van der Waals surface area (Å²) in [5.41, 5.74) is 4.81. The molecule has 3 aliphatic carbocycles. The molecule has 3 aromatic rings. The number of fused-ring (bicyclic) bond motifs is 4. The number of carbonyl (C=O) groups excluding carboxylic acids is 1. The van der Waals surface area contributed by atoms with E-state index in [1.807, 2.05) is 36.5 Å². The number of rotatable bonds is 8. The molecule has 4 atom stereocenters. The van der Waals surface area contributed by atoms with Gasteiger partial charge in [0.1, 0.15) is 17.9 Å². The lowest BCUT2D eigenvalue weighted by Gasteiger charge is -2.48. The monoisotopic (exact) mass is 688 g/mol. The van der Waals surface area contributed by atoms with Crippen molar-refractivity contribution in [3.05, 3.63) is 76.1 Å². The van der Waals surface area contributed by atoms with Crippen LogP contribution in [0.2, 0.25) is 5.02 Å². The molecule has 1 spiro atoms. The molecular weight excluding hydrogens is 640 g/mol. The van der Waals surface area contributed by atoms with Gasteiger partial charge in [-0.25, -0.2) is 4.79 Å². The van der Waals surface area contributed by atoms with Crippen LogP contribution in [0, 0.1) is 11.8 Å². The molecule has 49 heavy (non-hydrogen) atoms. The highest BCUT2D eigenvalue weighted by Crippen LogP contribution is 2.58. The van der Waals surface area contributed by atoms with E-state index in [2.05, 4.69) is 36.3 Å². The third-order valence-corrected chi connectivity index (χ3v) is 11.9. The average molecular weight is 689 g/mol. The number of aliphatic hydroxyl groups excluding tert-OH is 1. The molecule has 7 rings (SSSR count). The molecule has 9 heteroatoms. The lowest BCUT2D eigenvalue weighted by molar-refractivity contribution is -0.148. The van der Waals surface area contributed by atoms with Gasteiger partial charge in [0.05, 0.1) is 26.4 Å². The largest absolute Gasteiger partial charge is 0.493 e. The summed E-state index contributed by atoms with van der Waals surface area (Å²) in [5, 5.41) is 14.5. The second kappa shape index (κ2) is 14.0. The highest BCUT2D eigenvalue weighted by Gasteiger charge is 2.55. The van der Waals surface area contributed by atoms with Crippen molar-refractivity contribution in [2.75, 3.05) is 32.2 Å². The summed E-state index contributed by atoms with van der Waals surface area (Å²) < 4.78 is 24.3. The predicted octanol–water partition coefficient (Wildman–Crippen LogP) is 7.81. The molecule has 2 aromatic carbocycles. The first-order valence-corrected chi connectivity index (χ1v) is 18.4. The fourth-order valence-corrected chi connectivity index (χ4v) is 9.29. The van der Waals surface area contributed by atoms with Crippen molar-refractivity contribution >= 4 is 23.3 Å². The van der Waals surface area contributed by atoms with E-state index in [1.54, 1.807) is 0 Å². The minimum absolute atomic E-state index is 0.166. The maximum atomic E-state index is 13.5. The van der Waals surface area contributed by atoms with Gasteiger partial charge >= 0.3 is 5.97 Å². The standard InChI is InChI=1S/C40H49ClN2O6/c1-25(23-48-34-10-16-42-33-9-4-6-26(2)37(33)34)18-28-19-27-20-35-36(49-24-31(44)11-17-47-35)22-32(27)39(28)12-14-40(15-13-39,38(45)46-3)43-30-8-5-7-29(41)21-30/h5,7-8,10,16,20-22,25-26,28,31,43-44H,4,6,9,11-15,17-19,23-24H2,1-3H3/t25-,26-,28+,31+,39?,40?/m1/s1. The zero-order chi connectivity index (χ0) is 34.2. The van der Waals surface area contributed by atoms with E-state index in [0.717, 1.165) is 49.3 Å². The number of aliphatic hydroxyl groups is 1. The molecule has 262 valence electrons. The Kier molecular flexibility index (Phi) is 9.73. The number of pyridine rings is 1. The number of hydrogen-bond acceptors (Lipinski definition) is 8. The molecule has 1 saturated carbocycles. The summed E-state index contributed by atoms with van der Waals surface area (Å²) in [4.78, 5) is 18.2. The van der Waals surface area contributed by atoms with E-state index in [-0.39, 0.29) is 18.0 Å². The van der Waals surface area contributed by atoms with Crippen LogP contribution < -0.4 is 19.5 Å². The maximum Gasteiger partial charge on any atom is 0.331 e. The average Bonchev–Trinajstić information content (AvgIpc) is 3.36. The minimum atomic E-state index is -0.864. The number of esters is 1. The molecule has 1 fully saturated rings. The molecule has 0 amide bonds. The second-order valence-corrected chi connectivity index (χ2v) is 15.4. The topological polar surface area (TPSA) is 99.1 Å². The number of ether oxygens (including phenoxy) is 4. The van der Waals surface area contributed by atoms with Crippen molar-refractivity contribution in [3.8, 4) is 17.2 Å². The minimum Gasteiger partial charge on any atom is -0.493 e. The van der Waals surface area contributed by atoms with Crippen molar-refractivity contribution in [2.24, 2.45) is 11.8 Å². The van der Waals surface area contributed by atoms with Gasteiger partial charge in [-0.1, -0.05) is 31.5 Å². The predicted molar refractivity (Wildman–Crippen MR) is 190 cm³/mol. The summed E-state index contributed by atoms with van der Waals surface area (Å²) in [5.74, 6) is 3.27. The molecule has 2 N–H and O–H groups in total. The molecule has 0 bridgehead atoms.